The lowest BCUT2D eigenvalue weighted by molar-refractivity contribution is -0.122. The maximum atomic E-state index is 12.4. The van der Waals surface area contributed by atoms with Crippen molar-refractivity contribution >= 4 is 11.9 Å². The molecule has 9 heteroatoms. The second-order valence-electron chi connectivity index (χ2n) is 7.40. The standard InChI is InChI=1S/C19H30N4O5/c1-26-19(25)17-12-16(22-28-17)10-15-13-20-3-2-14(15)11-18(24)21-4-5-23-6-8-27-9-7-23/h12,14-15,20H,2-11,13H2,1H3,(H,21,24)/t14-,15-/m0/s1. The molecule has 1 aromatic heterocycles. The number of amides is 1. The summed E-state index contributed by atoms with van der Waals surface area (Å²) in [5.41, 5.74) is 0.715. The Balaban J connectivity index is 1.45. The average Bonchev–Trinajstić information content (AvgIpc) is 3.18. The molecule has 1 amide bonds. The number of hydrogen-bond acceptors (Lipinski definition) is 8. The van der Waals surface area contributed by atoms with Crippen LogP contribution in [0.3, 0.4) is 0 Å². The van der Waals surface area contributed by atoms with E-state index in [9.17, 15) is 9.59 Å². The van der Waals surface area contributed by atoms with Gasteiger partial charge in [-0.3, -0.25) is 9.69 Å². The predicted octanol–water partition coefficient (Wildman–Crippen LogP) is 0.0679. The highest BCUT2D eigenvalue weighted by atomic mass is 16.5. The highest BCUT2D eigenvalue weighted by Crippen LogP contribution is 2.26. The molecule has 0 saturated carbocycles. The van der Waals surface area contributed by atoms with Crippen LogP contribution in [-0.4, -0.2) is 81.5 Å². The van der Waals surface area contributed by atoms with E-state index in [0.717, 1.165) is 52.4 Å². The van der Waals surface area contributed by atoms with Crippen LogP contribution < -0.4 is 10.6 Å². The lowest BCUT2D eigenvalue weighted by atomic mass is 9.81. The van der Waals surface area contributed by atoms with Crippen molar-refractivity contribution in [3.05, 3.63) is 17.5 Å². The van der Waals surface area contributed by atoms with E-state index in [1.165, 1.54) is 7.11 Å². The summed E-state index contributed by atoms with van der Waals surface area (Å²) in [5.74, 6) is 0.230. The predicted molar refractivity (Wildman–Crippen MR) is 101 cm³/mol. The zero-order valence-electron chi connectivity index (χ0n) is 16.4. The van der Waals surface area contributed by atoms with Gasteiger partial charge in [-0.1, -0.05) is 5.16 Å². The Bertz CT molecular complexity index is 644. The van der Waals surface area contributed by atoms with Gasteiger partial charge in [-0.25, -0.2) is 4.79 Å². The number of carbonyl (C=O) groups is 2. The van der Waals surface area contributed by atoms with E-state index >= 15 is 0 Å². The molecule has 28 heavy (non-hydrogen) atoms. The lowest BCUT2D eigenvalue weighted by Crippen LogP contribution is -2.43. The molecule has 2 aliphatic heterocycles. The van der Waals surface area contributed by atoms with Crippen molar-refractivity contribution < 1.29 is 23.6 Å². The summed E-state index contributed by atoms with van der Waals surface area (Å²) < 4.78 is 15.0. The number of piperidine rings is 1. The summed E-state index contributed by atoms with van der Waals surface area (Å²) in [6, 6.07) is 1.62. The van der Waals surface area contributed by atoms with Crippen molar-refractivity contribution in [3.8, 4) is 0 Å². The molecule has 3 rings (SSSR count). The molecule has 0 unspecified atom stereocenters. The maximum absolute atomic E-state index is 12.4. The summed E-state index contributed by atoms with van der Waals surface area (Å²) in [7, 11) is 1.31. The molecule has 2 aliphatic rings. The molecule has 0 radical (unpaired) electrons. The average molecular weight is 394 g/mol. The van der Waals surface area contributed by atoms with Gasteiger partial charge in [0.1, 0.15) is 0 Å². The third-order valence-electron chi connectivity index (χ3n) is 5.48. The van der Waals surface area contributed by atoms with Gasteiger partial charge in [-0.15, -0.1) is 0 Å². The number of nitrogens with zero attached hydrogens (tertiary/aromatic N) is 2. The van der Waals surface area contributed by atoms with Crippen LogP contribution in [0.15, 0.2) is 10.6 Å². The number of hydrogen-bond donors (Lipinski definition) is 2. The fraction of sp³-hybridized carbons (Fsp3) is 0.737. The zero-order chi connectivity index (χ0) is 19.8. The number of carbonyl (C=O) groups excluding carboxylic acids is 2. The second-order valence-corrected chi connectivity index (χ2v) is 7.40. The molecule has 2 saturated heterocycles. The summed E-state index contributed by atoms with van der Waals surface area (Å²) in [6.45, 7) is 6.66. The number of nitrogens with one attached hydrogen (secondary N) is 2. The summed E-state index contributed by atoms with van der Waals surface area (Å²) in [6.07, 6.45) is 2.12. The van der Waals surface area contributed by atoms with E-state index in [-0.39, 0.29) is 23.5 Å². The van der Waals surface area contributed by atoms with Crippen LogP contribution >= 0.6 is 0 Å². The Morgan fingerprint density at radius 3 is 2.96 bits per heavy atom. The number of methoxy groups -OCH3 is 1. The van der Waals surface area contributed by atoms with Crippen molar-refractivity contribution in [2.75, 3.05) is 59.6 Å². The van der Waals surface area contributed by atoms with Crippen LogP contribution in [0.25, 0.3) is 0 Å². The summed E-state index contributed by atoms with van der Waals surface area (Å²) in [5, 5.41) is 10.4. The van der Waals surface area contributed by atoms with Crippen molar-refractivity contribution in [3.63, 3.8) is 0 Å². The highest BCUT2D eigenvalue weighted by molar-refractivity contribution is 5.86. The van der Waals surface area contributed by atoms with Crippen molar-refractivity contribution in [1.29, 1.82) is 0 Å². The molecular formula is C19H30N4O5. The third-order valence-corrected chi connectivity index (χ3v) is 5.48. The molecule has 9 nitrogen and oxygen atoms in total. The normalized spacial score (nSPS) is 23.3. The smallest absolute Gasteiger partial charge is 0.376 e. The minimum atomic E-state index is -0.531. The minimum Gasteiger partial charge on any atom is -0.463 e. The van der Waals surface area contributed by atoms with Crippen molar-refractivity contribution in [1.82, 2.24) is 20.7 Å². The van der Waals surface area contributed by atoms with Gasteiger partial charge < -0.3 is 24.6 Å². The molecule has 3 heterocycles. The van der Waals surface area contributed by atoms with Gasteiger partial charge in [0.05, 0.1) is 26.0 Å². The molecule has 2 atom stereocenters. The van der Waals surface area contributed by atoms with E-state index in [1.54, 1.807) is 6.07 Å². The molecule has 156 valence electrons. The van der Waals surface area contributed by atoms with E-state index < -0.39 is 5.97 Å². The molecule has 1 aromatic rings. The molecule has 0 aromatic carbocycles. The third kappa shape index (κ3) is 6.02. The van der Waals surface area contributed by atoms with Gasteiger partial charge in [-0.2, -0.15) is 0 Å². The zero-order valence-corrected chi connectivity index (χ0v) is 16.4. The van der Waals surface area contributed by atoms with E-state index in [1.807, 2.05) is 0 Å². The Kier molecular flexibility index (Phi) is 7.81. The van der Waals surface area contributed by atoms with Crippen LogP contribution in [0.2, 0.25) is 0 Å². The Morgan fingerprint density at radius 1 is 1.36 bits per heavy atom. The van der Waals surface area contributed by atoms with Gasteiger partial charge in [0.15, 0.2) is 0 Å². The Hall–Kier alpha value is -1.97. The Morgan fingerprint density at radius 2 is 2.18 bits per heavy atom. The largest absolute Gasteiger partial charge is 0.463 e. The van der Waals surface area contributed by atoms with E-state index in [0.29, 0.717) is 25.1 Å². The summed E-state index contributed by atoms with van der Waals surface area (Å²) >= 11 is 0. The number of morpholine rings is 1. The van der Waals surface area contributed by atoms with Gasteiger partial charge in [0.2, 0.25) is 11.7 Å². The van der Waals surface area contributed by atoms with Crippen LogP contribution in [0.5, 0.6) is 0 Å². The van der Waals surface area contributed by atoms with E-state index in [4.69, 9.17) is 9.26 Å². The fourth-order valence-electron chi connectivity index (χ4n) is 3.85. The second kappa shape index (κ2) is 10.5. The maximum Gasteiger partial charge on any atom is 0.376 e. The van der Waals surface area contributed by atoms with Gasteiger partial charge in [0.25, 0.3) is 0 Å². The molecule has 2 N–H and O–H groups in total. The topological polar surface area (TPSA) is 106 Å². The van der Waals surface area contributed by atoms with Crippen LogP contribution in [0.4, 0.5) is 0 Å². The summed E-state index contributed by atoms with van der Waals surface area (Å²) in [4.78, 5) is 26.2. The molecule has 0 spiro atoms. The van der Waals surface area contributed by atoms with Crippen molar-refractivity contribution in [2.45, 2.75) is 19.3 Å². The van der Waals surface area contributed by atoms with Crippen LogP contribution in [-0.2, 0) is 20.7 Å². The lowest BCUT2D eigenvalue weighted by Gasteiger charge is -2.31. The number of ether oxygens (including phenoxy) is 2. The van der Waals surface area contributed by atoms with Crippen LogP contribution in [0, 0.1) is 11.8 Å². The van der Waals surface area contributed by atoms with Gasteiger partial charge >= 0.3 is 5.97 Å². The first-order valence-corrected chi connectivity index (χ1v) is 9.97. The van der Waals surface area contributed by atoms with Gasteiger partial charge in [-0.05, 0) is 37.8 Å². The molecule has 2 fully saturated rings. The first kappa shape index (κ1) is 20.8. The monoisotopic (exact) mass is 394 g/mol. The van der Waals surface area contributed by atoms with Crippen molar-refractivity contribution in [2.24, 2.45) is 11.8 Å². The van der Waals surface area contributed by atoms with Gasteiger partial charge in [0, 0.05) is 38.7 Å². The highest BCUT2D eigenvalue weighted by Gasteiger charge is 2.28. The number of esters is 1. The molecule has 0 aliphatic carbocycles. The first-order valence-electron chi connectivity index (χ1n) is 9.97. The minimum absolute atomic E-state index is 0.0977. The Labute approximate surface area is 165 Å². The fourth-order valence-corrected chi connectivity index (χ4v) is 3.85. The molecular weight excluding hydrogens is 364 g/mol. The van der Waals surface area contributed by atoms with E-state index in [2.05, 4.69) is 25.4 Å². The van der Waals surface area contributed by atoms with Crippen LogP contribution in [0.1, 0.15) is 29.1 Å². The SMILES string of the molecule is COC(=O)c1cc(C[C@H]2CNCC[C@H]2CC(=O)NCCN2CCOCC2)no1. The number of rotatable bonds is 8. The first-order chi connectivity index (χ1) is 13.7. The molecule has 0 bridgehead atoms. The number of aromatic nitrogens is 1. The quantitative estimate of drug-likeness (QED) is 0.597.